The molecule has 0 aliphatic carbocycles. The van der Waals surface area contributed by atoms with E-state index in [9.17, 15) is 13.2 Å². The molecule has 0 aromatic carbocycles. The molecule has 0 aliphatic rings. The van der Waals surface area contributed by atoms with E-state index in [1.165, 1.54) is 22.8 Å². The number of hydrogen-bond donors (Lipinski definition) is 2. The van der Waals surface area contributed by atoms with Gasteiger partial charge in [0.2, 0.25) is 5.91 Å². The molecule has 0 radical (unpaired) electrons. The SMILES string of the molecule is CCC(NS(=O)(=O)c1cc(C(N)=O)cs1)c1nc(C)c(C)s1. The maximum absolute atomic E-state index is 12.4. The van der Waals surface area contributed by atoms with Gasteiger partial charge in [-0.05, 0) is 26.3 Å². The van der Waals surface area contributed by atoms with Crippen LogP contribution < -0.4 is 10.5 Å². The van der Waals surface area contributed by atoms with Gasteiger partial charge in [0.1, 0.15) is 9.22 Å². The van der Waals surface area contributed by atoms with Crippen LogP contribution in [0.4, 0.5) is 0 Å². The Morgan fingerprint density at radius 2 is 2.14 bits per heavy atom. The molecule has 1 atom stereocenters. The Morgan fingerprint density at radius 3 is 2.59 bits per heavy atom. The zero-order valence-electron chi connectivity index (χ0n) is 12.4. The van der Waals surface area contributed by atoms with Crippen molar-refractivity contribution in [3.05, 3.63) is 32.6 Å². The van der Waals surface area contributed by atoms with Crippen LogP contribution in [0.15, 0.2) is 15.7 Å². The standard InChI is InChI=1S/C13H17N3O3S3/c1-4-10(13-15-7(2)8(3)21-13)16-22(18,19)11-5-9(6-20-11)12(14)17/h5-6,10,16H,4H2,1-3H3,(H2,14,17). The summed E-state index contributed by atoms with van der Waals surface area (Å²) in [6.45, 7) is 5.74. The average Bonchev–Trinajstić information content (AvgIpc) is 3.05. The molecule has 0 saturated carbocycles. The zero-order valence-corrected chi connectivity index (χ0v) is 14.9. The minimum absolute atomic E-state index is 0.0738. The molecule has 0 bridgehead atoms. The number of hydrogen-bond acceptors (Lipinski definition) is 6. The summed E-state index contributed by atoms with van der Waals surface area (Å²) in [5.41, 5.74) is 6.25. The van der Waals surface area contributed by atoms with Gasteiger partial charge in [-0.25, -0.2) is 18.1 Å². The number of rotatable bonds is 6. The van der Waals surface area contributed by atoms with E-state index in [2.05, 4.69) is 9.71 Å². The molecule has 0 aliphatic heterocycles. The molecule has 9 heteroatoms. The van der Waals surface area contributed by atoms with Crippen LogP contribution in [0.1, 0.15) is 45.3 Å². The number of amides is 1. The van der Waals surface area contributed by atoms with Gasteiger partial charge in [-0.1, -0.05) is 6.92 Å². The van der Waals surface area contributed by atoms with Crippen molar-refractivity contribution in [2.24, 2.45) is 5.73 Å². The lowest BCUT2D eigenvalue weighted by Crippen LogP contribution is -2.27. The first-order chi connectivity index (χ1) is 10.2. The highest BCUT2D eigenvalue weighted by atomic mass is 32.2. The quantitative estimate of drug-likeness (QED) is 0.826. The second kappa shape index (κ2) is 6.45. The number of thiophene rings is 1. The summed E-state index contributed by atoms with van der Waals surface area (Å²) in [7, 11) is -3.71. The van der Waals surface area contributed by atoms with E-state index in [1.54, 1.807) is 0 Å². The fourth-order valence-electron chi connectivity index (χ4n) is 1.79. The molecule has 0 fully saturated rings. The van der Waals surface area contributed by atoms with Crippen molar-refractivity contribution in [3.63, 3.8) is 0 Å². The number of nitrogens with one attached hydrogen (secondary N) is 1. The summed E-state index contributed by atoms with van der Waals surface area (Å²) in [5.74, 6) is -0.643. The lowest BCUT2D eigenvalue weighted by molar-refractivity contribution is 0.100. The van der Waals surface area contributed by atoms with E-state index in [4.69, 9.17) is 5.73 Å². The van der Waals surface area contributed by atoms with Crippen LogP contribution in [0.5, 0.6) is 0 Å². The monoisotopic (exact) mass is 359 g/mol. The van der Waals surface area contributed by atoms with E-state index in [0.717, 1.165) is 26.9 Å². The number of sulfonamides is 1. The second-order valence-corrected chi connectivity index (χ2v) is 8.88. The number of thiazole rings is 1. The Labute approximate surface area is 137 Å². The van der Waals surface area contributed by atoms with E-state index >= 15 is 0 Å². The van der Waals surface area contributed by atoms with Crippen LogP contribution in [0.25, 0.3) is 0 Å². The van der Waals surface area contributed by atoms with Crippen molar-refractivity contribution in [2.75, 3.05) is 0 Å². The van der Waals surface area contributed by atoms with Crippen LogP contribution in [0, 0.1) is 13.8 Å². The molecule has 2 aromatic rings. The number of carbonyl (C=O) groups is 1. The molecule has 120 valence electrons. The lowest BCUT2D eigenvalue weighted by atomic mass is 10.2. The smallest absolute Gasteiger partial charge is 0.250 e. The maximum Gasteiger partial charge on any atom is 0.250 e. The number of carbonyl (C=O) groups excluding carboxylic acids is 1. The van der Waals surface area contributed by atoms with Crippen molar-refractivity contribution in [2.45, 2.75) is 37.4 Å². The third kappa shape index (κ3) is 3.54. The van der Waals surface area contributed by atoms with E-state index in [1.807, 2.05) is 20.8 Å². The van der Waals surface area contributed by atoms with Crippen molar-refractivity contribution < 1.29 is 13.2 Å². The molecule has 6 nitrogen and oxygen atoms in total. The molecule has 3 N–H and O–H groups in total. The number of aromatic nitrogens is 1. The molecule has 1 unspecified atom stereocenters. The van der Waals surface area contributed by atoms with Gasteiger partial charge in [0.05, 0.1) is 17.3 Å². The Balaban J connectivity index is 2.27. The molecule has 22 heavy (non-hydrogen) atoms. The summed E-state index contributed by atoms with van der Waals surface area (Å²) < 4.78 is 27.6. The van der Waals surface area contributed by atoms with Crippen LogP contribution in [0.3, 0.4) is 0 Å². The first-order valence-corrected chi connectivity index (χ1v) is 9.77. The highest BCUT2D eigenvalue weighted by Crippen LogP contribution is 2.28. The predicted molar refractivity (Wildman–Crippen MR) is 87.8 cm³/mol. The van der Waals surface area contributed by atoms with Gasteiger partial charge in [-0.15, -0.1) is 22.7 Å². The molecule has 2 aromatic heterocycles. The second-order valence-electron chi connectivity index (χ2n) is 4.79. The van der Waals surface area contributed by atoms with E-state index in [0.29, 0.717) is 6.42 Å². The highest BCUT2D eigenvalue weighted by Gasteiger charge is 2.24. The summed E-state index contributed by atoms with van der Waals surface area (Å²) >= 11 is 2.46. The molecular weight excluding hydrogens is 342 g/mol. The molecule has 0 saturated heterocycles. The number of nitrogens with zero attached hydrogens (tertiary/aromatic N) is 1. The third-order valence-corrected chi connectivity index (χ3v) is 7.27. The van der Waals surface area contributed by atoms with E-state index < -0.39 is 15.9 Å². The lowest BCUT2D eigenvalue weighted by Gasteiger charge is -2.13. The van der Waals surface area contributed by atoms with Gasteiger partial charge < -0.3 is 5.73 Å². The zero-order chi connectivity index (χ0) is 16.5. The maximum atomic E-state index is 12.4. The van der Waals surface area contributed by atoms with Gasteiger partial charge in [-0.2, -0.15) is 0 Å². The van der Waals surface area contributed by atoms with Crippen LogP contribution >= 0.6 is 22.7 Å². The van der Waals surface area contributed by atoms with Crippen molar-refractivity contribution in [1.82, 2.24) is 9.71 Å². The van der Waals surface area contributed by atoms with Gasteiger partial charge in [0, 0.05) is 10.3 Å². The van der Waals surface area contributed by atoms with Crippen LogP contribution in [-0.4, -0.2) is 19.3 Å². The fraction of sp³-hybridized carbons (Fsp3) is 0.385. The summed E-state index contributed by atoms with van der Waals surface area (Å²) in [6, 6.07) is 0.905. The summed E-state index contributed by atoms with van der Waals surface area (Å²) in [6.07, 6.45) is 0.583. The first-order valence-electron chi connectivity index (χ1n) is 6.59. The number of primary amides is 1. The Bertz CT molecular complexity index is 773. The molecule has 2 heterocycles. The highest BCUT2D eigenvalue weighted by molar-refractivity contribution is 7.91. The van der Waals surface area contributed by atoms with Crippen LogP contribution in [-0.2, 0) is 10.0 Å². The Hall–Kier alpha value is -1.29. The van der Waals surface area contributed by atoms with Crippen molar-refractivity contribution >= 4 is 38.6 Å². The molecule has 2 rings (SSSR count). The fourth-order valence-corrected chi connectivity index (χ4v) is 5.39. The molecular formula is C13H17N3O3S3. The van der Waals surface area contributed by atoms with Gasteiger partial charge in [-0.3, -0.25) is 4.79 Å². The predicted octanol–water partition coefficient (Wildman–Crippen LogP) is 2.35. The van der Waals surface area contributed by atoms with Gasteiger partial charge in [0.15, 0.2) is 0 Å². The average molecular weight is 359 g/mol. The Kier molecular flexibility index (Phi) is 5.00. The van der Waals surface area contributed by atoms with Crippen molar-refractivity contribution in [3.8, 4) is 0 Å². The third-order valence-electron chi connectivity index (χ3n) is 3.17. The normalized spacial score (nSPS) is 13.2. The van der Waals surface area contributed by atoms with Gasteiger partial charge in [0.25, 0.3) is 10.0 Å². The molecule has 0 spiro atoms. The van der Waals surface area contributed by atoms with Crippen LogP contribution in [0.2, 0.25) is 0 Å². The summed E-state index contributed by atoms with van der Waals surface area (Å²) in [5, 5.41) is 2.18. The topological polar surface area (TPSA) is 102 Å². The molecule has 1 amide bonds. The van der Waals surface area contributed by atoms with Crippen molar-refractivity contribution in [1.29, 1.82) is 0 Å². The minimum Gasteiger partial charge on any atom is -0.366 e. The minimum atomic E-state index is -3.71. The largest absolute Gasteiger partial charge is 0.366 e. The first kappa shape index (κ1) is 17.1. The van der Waals surface area contributed by atoms with E-state index in [-0.39, 0.29) is 15.8 Å². The number of aryl methyl sites for hydroxylation is 2. The van der Waals surface area contributed by atoms with Gasteiger partial charge >= 0.3 is 0 Å². The summed E-state index contributed by atoms with van der Waals surface area (Å²) in [4.78, 5) is 16.6. The Morgan fingerprint density at radius 1 is 1.45 bits per heavy atom. The number of nitrogens with two attached hydrogens (primary N) is 1.